The molecule has 3 aromatic rings. The molecule has 0 saturated carbocycles. The van der Waals surface area contributed by atoms with Crippen LogP contribution in [0.5, 0.6) is 0 Å². The van der Waals surface area contributed by atoms with E-state index >= 15 is 0 Å². The summed E-state index contributed by atoms with van der Waals surface area (Å²) in [5, 5.41) is 5.26. The molecular formula is C12H10BrN3O2S. The number of H-pyrrole nitrogens is 1. The second-order valence-electron chi connectivity index (χ2n) is 4.00. The van der Waals surface area contributed by atoms with Crippen molar-refractivity contribution in [2.24, 2.45) is 0 Å². The molecule has 0 aliphatic carbocycles. The van der Waals surface area contributed by atoms with Gasteiger partial charge in [-0.3, -0.25) is 4.98 Å². The summed E-state index contributed by atoms with van der Waals surface area (Å²) in [6, 6.07) is 5.41. The van der Waals surface area contributed by atoms with E-state index in [0.29, 0.717) is 23.3 Å². The minimum Gasteiger partial charge on any atom is -0.408 e. The number of halogens is 1. The van der Waals surface area contributed by atoms with E-state index in [-0.39, 0.29) is 0 Å². The van der Waals surface area contributed by atoms with Gasteiger partial charge in [0, 0.05) is 15.4 Å². The Morgan fingerprint density at radius 3 is 3.05 bits per heavy atom. The molecule has 4 N–H and O–H groups in total. The molecule has 0 fully saturated rings. The Kier molecular flexibility index (Phi) is 3.08. The summed E-state index contributed by atoms with van der Waals surface area (Å²) in [5.41, 5.74) is 8.33. The molecule has 0 atom stereocenters. The number of oxazole rings is 1. The van der Waals surface area contributed by atoms with Crippen molar-refractivity contribution >= 4 is 49.7 Å². The fourth-order valence-corrected chi connectivity index (χ4v) is 3.23. The molecule has 3 rings (SSSR count). The molecule has 19 heavy (non-hydrogen) atoms. The van der Waals surface area contributed by atoms with E-state index in [0.717, 1.165) is 10.2 Å². The van der Waals surface area contributed by atoms with Gasteiger partial charge in [0.2, 0.25) is 0 Å². The molecule has 5 nitrogen and oxygen atoms in total. The minimum atomic E-state index is -0.479. The van der Waals surface area contributed by atoms with Crippen LogP contribution in [0.2, 0.25) is 0 Å². The fourth-order valence-electron chi connectivity index (χ4n) is 1.79. The standard InChI is InChI=1S/C12H10BrN3O2S/c13-6-1-2-19-11(6)5-15-8-4-9-10(3-7(8)14)18-12(17)16-9/h1-4,15H,5,14H2,(H,16,17). The number of hydrogen-bond acceptors (Lipinski definition) is 5. The molecule has 0 spiro atoms. The topological polar surface area (TPSA) is 84.0 Å². The molecule has 0 aliphatic heterocycles. The number of benzene rings is 1. The van der Waals surface area contributed by atoms with Gasteiger partial charge in [0.25, 0.3) is 0 Å². The van der Waals surface area contributed by atoms with Crippen molar-refractivity contribution in [1.29, 1.82) is 0 Å². The van der Waals surface area contributed by atoms with Crippen LogP contribution in [0.1, 0.15) is 4.88 Å². The fraction of sp³-hybridized carbons (Fsp3) is 0.0833. The molecule has 1 aromatic carbocycles. The molecular weight excluding hydrogens is 330 g/mol. The van der Waals surface area contributed by atoms with Gasteiger partial charge in [0.15, 0.2) is 5.58 Å². The number of nitrogens with two attached hydrogens (primary N) is 1. The van der Waals surface area contributed by atoms with Gasteiger partial charge in [-0.1, -0.05) is 0 Å². The van der Waals surface area contributed by atoms with Gasteiger partial charge in [0.1, 0.15) is 0 Å². The lowest BCUT2D eigenvalue weighted by atomic mass is 10.2. The van der Waals surface area contributed by atoms with Crippen molar-refractivity contribution in [1.82, 2.24) is 4.98 Å². The number of nitrogen functional groups attached to an aromatic ring is 1. The Morgan fingerprint density at radius 1 is 1.47 bits per heavy atom. The van der Waals surface area contributed by atoms with E-state index < -0.39 is 5.76 Å². The number of fused-ring (bicyclic) bond motifs is 1. The third-order valence-corrected chi connectivity index (χ3v) is 4.65. The van der Waals surface area contributed by atoms with Crippen LogP contribution in [0, 0.1) is 0 Å². The predicted molar refractivity (Wildman–Crippen MR) is 80.6 cm³/mol. The van der Waals surface area contributed by atoms with Crippen LogP contribution in [0.4, 0.5) is 11.4 Å². The first-order chi connectivity index (χ1) is 9.13. The van der Waals surface area contributed by atoms with Gasteiger partial charge < -0.3 is 15.5 Å². The molecule has 98 valence electrons. The maximum absolute atomic E-state index is 11.1. The van der Waals surface area contributed by atoms with Crippen molar-refractivity contribution in [2.75, 3.05) is 11.1 Å². The molecule has 0 aliphatic rings. The van der Waals surface area contributed by atoms with Crippen LogP contribution < -0.4 is 16.8 Å². The van der Waals surface area contributed by atoms with Crippen LogP contribution in [-0.4, -0.2) is 4.98 Å². The van der Waals surface area contributed by atoms with E-state index in [1.54, 1.807) is 23.5 Å². The van der Waals surface area contributed by atoms with E-state index in [2.05, 4.69) is 26.2 Å². The lowest BCUT2D eigenvalue weighted by Gasteiger charge is -2.08. The summed E-state index contributed by atoms with van der Waals surface area (Å²) in [6.07, 6.45) is 0. The zero-order chi connectivity index (χ0) is 13.4. The van der Waals surface area contributed by atoms with E-state index in [9.17, 15) is 4.79 Å². The largest absolute Gasteiger partial charge is 0.417 e. The highest BCUT2D eigenvalue weighted by atomic mass is 79.9. The predicted octanol–water partition coefficient (Wildman–Crippen LogP) is 3.14. The van der Waals surface area contributed by atoms with Gasteiger partial charge in [-0.05, 0) is 33.4 Å². The van der Waals surface area contributed by atoms with E-state index in [1.807, 2.05) is 11.4 Å². The number of aromatic nitrogens is 1. The number of nitrogens with one attached hydrogen (secondary N) is 2. The SMILES string of the molecule is Nc1cc2oc(=O)[nH]c2cc1NCc1sccc1Br. The molecule has 7 heteroatoms. The molecule has 0 bridgehead atoms. The second-order valence-corrected chi connectivity index (χ2v) is 5.85. The van der Waals surface area contributed by atoms with Gasteiger partial charge in [-0.25, -0.2) is 4.79 Å². The van der Waals surface area contributed by atoms with Crippen LogP contribution in [-0.2, 0) is 6.54 Å². The average Bonchev–Trinajstić information content (AvgIpc) is 2.91. The summed E-state index contributed by atoms with van der Waals surface area (Å²) in [4.78, 5) is 14.9. The average molecular weight is 340 g/mol. The van der Waals surface area contributed by atoms with Crippen LogP contribution >= 0.6 is 27.3 Å². The molecule has 0 radical (unpaired) electrons. The van der Waals surface area contributed by atoms with Crippen molar-refractivity contribution in [2.45, 2.75) is 6.54 Å². The first-order valence-corrected chi connectivity index (χ1v) is 7.19. The summed E-state index contributed by atoms with van der Waals surface area (Å²) >= 11 is 5.13. The van der Waals surface area contributed by atoms with Crippen molar-refractivity contribution in [3.8, 4) is 0 Å². The molecule has 0 amide bonds. The van der Waals surface area contributed by atoms with E-state index in [1.165, 1.54) is 4.88 Å². The maximum atomic E-state index is 11.1. The number of thiophene rings is 1. The van der Waals surface area contributed by atoms with Crippen LogP contribution in [0.3, 0.4) is 0 Å². The van der Waals surface area contributed by atoms with E-state index in [4.69, 9.17) is 10.2 Å². The number of aromatic amines is 1. The summed E-state index contributed by atoms with van der Waals surface area (Å²) in [7, 11) is 0. The Morgan fingerprint density at radius 2 is 2.32 bits per heavy atom. The lowest BCUT2D eigenvalue weighted by Crippen LogP contribution is -2.01. The monoisotopic (exact) mass is 339 g/mol. The van der Waals surface area contributed by atoms with Gasteiger partial charge in [0.05, 0.1) is 23.4 Å². The Balaban J connectivity index is 1.90. The third kappa shape index (κ3) is 2.39. The Labute approximate surface area is 120 Å². The van der Waals surface area contributed by atoms with Gasteiger partial charge >= 0.3 is 5.76 Å². The number of hydrogen-bond donors (Lipinski definition) is 3. The first kappa shape index (κ1) is 12.3. The normalized spacial score (nSPS) is 11.0. The first-order valence-electron chi connectivity index (χ1n) is 5.51. The molecule has 0 saturated heterocycles. The maximum Gasteiger partial charge on any atom is 0.417 e. The zero-order valence-electron chi connectivity index (χ0n) is 9.70. The lowest BCUT2D eigenvalue weighted by molar-refractivity contribution is 0.555. The summed E-state index contributed by atoms with van der Waals surface area (Å²) < 4.78 is 6.02. The Hall–Kier alpha value is -1.73. The number of anilines is 2. The number of rotatable bonds is 3. The highest BCUT2D eigenvalue weighted by molar-refractivity contribution is 9.10. The highest BCUT2D eigenvalue weighted by Gasteiger charge is 2.07. The zero-order valence-corrected chi connectivity index (χ0v) is 12.1. The highest BCUT2D eigenvalue weighted by Crippen LogP contribution is 2.27. The Bertz CT molecular complexity index is 790. The van der Waals surface area contributed by atoms with Gasteiger partial charge in [-0.2, -0.15) is 0 Å². The molecule has 2 heterocycles. The minimum absolute atomic E-state index is 0.463. The van der Waals surface area contributed by atoms with Gasteiger partial charge in [-0.15, -0.1) is 11.3 Å². The quantitative estimate of drug-likeness (QED) is 0.640. The third-order valence-electron chi connectivity index (χ3n) is 2.72. The van der Waals surface area contributed by atoms with Crippen LogP contribution in [0.15, 0.2) is 37.3 Å². The molecule has 0 unspecified atom stereocenters. The van der Waals surface area contributed by atoms with Crippen LogP contribution in [0.25, 0.3) is 11.1 Å². The molecule has 2 aromatic heterocycles. The second kappa shape index (κ2) is 4.75. The summed E-state index contributed by atoms with van der Waals surface area (Å²) in [5.74, 6) is -0.479. The van der Waals surface area contributed by atoms with Crippen molar-refractivity contribution < 1.29 is 4.42 Å². The van der Waals surface area contributed by atoms with Crippen molar-refractivity contribution in [3.63, 3.8) is 0 Å². The van der Waals surface area contributed by atoms with Crippen molar-refractivity contribution in [3.05, 3.63) is 43.5 Å². The summed E-state index contributed by atoms with van der Waals surface area (Å²) in [6.45, 7) is 0.663. The smallest absolute Gasteiger partial charge is 0.408 e.